The van der Waals surface area contributed by atoms with Crippen molar-refractivity contribution in [1.29, 1.82) is 0 Å². The van der Waals surface area contributed by atoms with Crippen molar-refractivity contribution in [3.05, 3.63) is 29.3 Å². The largest absolute Gasteiger partial charge is 0.322 e. The van der Waals surface area contributed by atoms with Gasteiger partial charge in [0.05, 0.1) is 11.7 Å². The van der Waals surface area contributed by atoms with Crippen LogP contribution in [-0.2, 0) is 4.79 Å². The average molecular weight is 256 g/mol. The van der Waals surface area contributed by atoms with Crippen molar-refractivity contribution >= 4 is 11.6 Å². The van der Waals surface area contributed by atoms with Gasteiger partial charge in [0.1, 0.15) is 11.6 Å². The standard InChI is InChI=1S/C13H18F2N2O/c1-7-5-9(15)10(6-8(7)14)17-12(18)11(16)13(2,3)4/h5-6,11H,16H2,1-4H3,(H,17,18)/t11-/m1/s1. The number of nitrogens with one attached hydrogen (secondary N) is 1. The van der Waals surface area contributed by atoms with E-state index in [1.807, 2.05) is 0 Å². The second kappa shape index (κ2) is 5.02. The molecule has 0 fully saturated rings. The van der Waals surface area contributed by atoms with Gasteiger partial charge in [0.25, 0.3) is 0 Å². The van der Waals surface area contributed by atoms with Crippen LogP contribution in [0.15, 0.2) is 12.1 Å². The Morgan fingerprint density at radius 2 is 1.83 bits per heavy atom. The minimum atomic E-state index is -0.804. The highest BCUT2D eigenvalue weighted by molar-refractivity contribution is 5.95. The van der Waals surface area contributed by atoms with Gasteiger partial charge in [-0.2, -0.15) is 0 Å². The molecule has 18 heavy (non-hydrogen) atoms. The Balaban J connectivity index is 2.92. The Kier molecular flexibility index (Phi) is 4.06. The van der Waals surface area contributed by atoms with Gasteiger partial charge in [-0.05, 0) is 24.0 Å². The summed E-state index contributed by atoms with van der Waals surface area (Å²) in [5, 5.41) is 2.31. The Labute approximate surface area is 105 Å². The fourth-order valence-corrected chi connectivity index (χ4v) is 1.35. The fourth-order valence-electron chi connectivity index (χ4n) is 1.35. The van der Waals surface area contributed by atoms with Crippen LogP contribution in [0.5, 0.6) is 0 Å². The molecule has 0 unspecified atom stereocenters. The lowest BCUT2D eigenvalue weighted by atomic mass is 9.87. The van der Waals surface area contributed by atoms with E-state index >= 15 is 0 Å². The van der Waals surface area contributed by atoms with E-state index in [9.17, 15) is 13.6 Å². The number of carbonyl (C=O) groups is 1. The number of hydrogen-bond donors (Lipinski definition) is 2. The molecule has 1 atom stereocenters. The van der Waals surface area contributed by atoms with E-state index < -0.39 is 29.0 Å². The summed E-state index contributed by atoms with van der Waals surface area (Å²) in [4.78, 5) is 11.8. The van der Waals surface area contributed by atoms with Gasteiger partial charge in [-0.1, -0.05) is 20.8 Å². The van der Waals surface area contributed by atoms with Gasteiger partial charge in [-0.25, -0.2) is 8.78 Å². The van der Waals surface area contributed by atoms with Crippen molar-refractivity contribution in [2.24, 2.45) is 11.1 Å². The van der Waals surface area contributed by atoms with Gasteiger partial charge in [-0.3, -0.25) is 4.79 Å². The zero-order valence-electron chi connectivity index (χ0n) is 11.0. The van der Waals surface area contributed by atoms with Crippen LogP contribution in [0.4, 0.5) is 14.5 Å². The van der Waals surface area contributed by atoms with Crippen LogP contribution in [0.3, 0.4) is 0 Å². The maximum Gasteiger partial charge on any atom is 0.241 e. The molecular formula is C13H18F2N2O. The van der Waals surface area contributed by atoms with Crippen LogP contribution < -0.4 is 11.1 Å². The number of carbonyl (C=O) groups excluding carboxylic acids is 1. The molecule has 0 radical (unpaired) electrons. The van der Waals surface area contributed by atoms with Gasteiger partial charge in [-0.15, -0.1) is 0 Å². The molecular weight excluding hydrogens is 238 g/mol. The van der Waals surface area contributed by atoms with Crippen LogP contribution in [0.2, 0.25) is 0 Å². The smallest absolute Gasteiger partial charge is 0.241 e. The molecule has 0 bridgehead atoms. The Bertz CT molecular complexity index is 467. The lowest BCUT2D eigenvalue weighted by Crippen LogP contribution is -2.45. The van der Waals surface area contributed by atoms with Crippen molar-refractivity contribution < 1.29 is 13.6 Å². The van der Waals surface area contributed by atoms with Crippen LogP contribution >= 0.6 is 0 Å². The first kappa shape index (κ1) is 14.6. The number of anilines is 1. The molecule has 1 aromatic carbocycles. The molecule has 0 aromatic heterocycles. The van der Waals surface area contributed by atoms with E-state index in [0.717, 1.165) is 12.1 Å². The van der Waals surface area contributed by atoms with E-state index in [-0.39, 0.29) is 11.3 Å². The monoisotopic (exact) mass is 256 g/mol. The number of amides is 1. The first-order valence-electron chi connectivity index (χ1n) is 5.65. The molecule has 0 spiro atoms. The Morgan fingerprint density at radius 1 is 1.28 bits per heavy atom. The summed E-state index contributed by atoms with van der Waals surface area (Å²) in [5.41, 5.74) is 5.27. The first-order valence-corrected chi connectivity index (χ1v) is 5.65. The summed E-state index contributed by atoms with van der Waals surface area (Å²) in [7, 11) is 0. The zero-order chi connectivity index (χ0) is 14.1. The second-order valence-corrected chi connectivity index (χ2v) is 5.41. The fraction of sp³-hybridized carbons (Fsp3) is 0.462. The molecule has 0 aliphatic rings. The molecule has 0 aliphatic heterocycles. The third-order valence-corrected chi connectivity index (χ3v) is 2.72. The first-order chi connectivity index (χ1) is 8.12. The van der Waals surface area contributed by atoms with Crippen molar-refractivity contribution in [3.8, 4) is 0 Å². The van der Waals surface area contributed by atoms with Crippen LogP contribution in [0.1, 0.15) is 26.3 Å². The number of hydrogen-bond acceptors (Lipinski definition) is 2. The van der Waals surface area contributed by atoms with E-state index in [2.05, 4.69) is 5.32 Å². The molecule has 0 saturated heterocycles. The minimum absolute atomic E-state index is 0.186. The molecule has 3 nitrogen and oxygen atoms in total. The molecule has 1 rings (SSSR count). The van der Waals surface area contributed by atoms with Gasteiger partial charge < -0.3 is 11.1 Å². The third kappa shape index (κ3) is 3.26. The third-order valence-electron chi connectivity index (χ3n) is 2.72. The van der Waals surface area contributed by atoms with Crippen LogP contribution in [0.25, 0.3) is 0 Å². The minimum Gasteiger partial charge on any atom is -0.322 e. The Hall–Kier alpha value is -1.49. The maximum absolute atomic E-state index is 13.5. The normalized spacial score (nSPS) is 13.3. The molecule has 0 heterocycles. The summed E-state index contributed by atoms with van der Waals surface area (Å²) in [6, 6.07) is 1.19. The summed E-state index contributed by atoms with van der Waals surface area (Å²) < 4.78 is 26.8. The zero-order valence-corrected chi connectivity index (χ0v) is 11.0. The predicted molar refractivity (Wildman–Crippen MR) is 67.2 cm³/mol. The number of nitrogens with two attached hydrogens (primary N) is 1. The van der Waals surface area contributed by atoms with E-state index in [1.54, 1.807) is 20.8 Å². The van der Waals surface area contributed by atoms with E-state index in [1.165, 1.54) is 6.92 Å². The molecule has 100 valence electrons. The number of benzene rings is 1. The van der Waals surface area contributed by atoms with Crippen molar-refractivity contribution in [2.75, 3.05) is 5.32 Å². The highest BCUT2D eigenvalue weighted by Crippen LogP contribution is 2.22. The summed E-state index contributed by atoms with van der Waals surface area (Å²) in [6.45, 7) is 6.83. The van der Waals surface area contributed by atoms with Crippen LogP contribution in [0, 0.1) is 24.0 Å². The van der Waals surface area contributed by atoms with Gasteiger partial charge in [0, 0.05) is 6.07 Å². The highest BCUT2D eigenvalue weighted by atomic mass is 19.1. The van der Waals surface area contributed by atoms with E-state index in [4.69, 9.17) is 5.73 Å². The lowest BCUT2D eigenvalue weighted by Gasteiger charge is -2.25. The number of aryl methyl sites for hydroxylation is 1. The molecule has 3 N–H and O–H groups in total. The molecule has 1 aromatic rings. The quantitative estimate of drug-likeness (QED) is 0.854. The second-order valence-electron chi connectivity index (χ2n) is 5.41. The SMILES string of the molecule is Cc1cc(F)c(NC(=O)[C@@H](N)C(C)(C)C)cc1F. The molecule has 0 aliphatic carbocycles. The molecule has 5 heteroatoms. The van der Waals surface area contributed by atoms with Gasteiger partial charge in [0.2, 0.25) is 5.91 Å². The number of rotatable bonds is 2. The summed E-state index contributed by atoms with van der Waals surface area (Å²) in [6.07, 6.45) is 0. The van der Waals surface area contributed by atoms with Gasteiger partial charge in [0.15, 0.2) is 0 Å². The number of halogens is 2. The van der Waals surface area contributed by atoms with Gasteiger partial charge >= 0.3 is 0 Å². The highest BCUT2D eigenvalue weighted by Gasteiger charge is 2.28. The lowest BCUT2D eigenvalue weighted by molar-refractivity contribution is -0.119. The molecule has 0 saturated carbocycles. The Morgan fingerprint density at radius 3 is 2.33 bits per heavy atom. The average Bonchev–Trinajstić information content (AvgIpc) is 2.23. The predicted octanol–water partition coefficient (Wildman–Crippen LogP) is 2.59. The maximum atomic E-state index is 13.5. The van der Waals surface area contributed by atoms with Crippen molar-refractivity contribution in [2.45, 2.75) is 33.7 Å². The summed E-state index contributed by atoms with van der Waals surface area (Å²) in [5.74, 6) is -1.79. The molecule has 1 amide bonds. The van der Waals surface area contributed by atoms with E-state index in [0.29, 0.717) is 0 Å². The summed E-state index contributed by atoms with van der Waals surface area (Å²) >= 11 is 0. The topological polar surface area (TPSA) is 55.1 Å². The van der Waals surface area contributed by atoms with Crippen LogP contribution in [-0.4, -0.2) is 11.9 Å². The van der Waals surface area contributed by atoms with Crippen molar-refractivity contribution in [1.82, 2.24) is 0 Å². The van der Waals surface area contributed by atoms with Crippen molar-refractivity contribution in [3.63, 3.8) is 0 Å².